The van der Waals surface area contributed by atoms with Gasteiger partial charge in [0.1, 0.15) is 5.75 Å². The molecular formula is C27H38O8. The third-order valence-electron chi connectivity index (χ3n) is 8.72. The molecular weight excluding hydrogens is 452 g/mol. The highest BCUT2D eigenvalue weighted by Crippen LogP contribution is 2.60. The van der Waals surface area contributed by atoms with Crippen LogP contribution in [0.25, 0.3) is 0 Å². The normalized spacial score (nSPS) is 40.9. The van der Waals surface area contributed by atoms with Gasteiger partial charge in [0.15, 0.2) is 18.2 Å². The van der Waals surface area contributed by atoms with Crippen LogP contribution in [0, 0.1) is 23.7 Å². The molecule has 5 fully saturated rings. The van der Waals surface area contributed by atoms with Gasteiger partial charge in [-0.1, -0.05) is 26.0 Å². The van der Waals surface area contributed by atoms with Gasteiger partial charge in [0.25, 0.3) is 0 Å². The van der Waals surface area contributed by atoms with Gasteiger partial charge in [-0.15, -0.1) is 0 Å². The van der Waals surface area contributed by atoms with Crippen LogP contribution in [-0.2, 0) is 33.5 Å². The molecule has 0 amide bonds. The van der Waals surface area contributed by atoms with Crippen molar-refractivity contribution in [2.45, 2.75) is 89.4 Å². The number of methoxy groups -OCH3 is 2. The Bertz CT molecular complexity index is 905. The van der Waals surface area contributed by atoms with E-state index in [2.05, 4.69) is 13.8 Å². The number of fused-ring (bicyclic) bond motifs is 2. The summed E-state index contributed by atoms with van der Waals surface area (Å²) in [6.07, 6.45) is 3.17. The minimum Gasteiger partial charge on any atom is -0.497 e. The van der Waals surface area contributed by atoms with E-state index in [-0.39, 0.29) is 30.3 Å². The van der Waals surface area contributed by atoms with Gasteiger partial charge >= 0.3 is 5.97 Å². The van der Waals surface area contributed by atoms with Gasteiger partial charge < -0.3 is 23.7 Å². The zero-order valence-corrected chi connectivity index (χ0v) is 21.4. The Morgan fingerprint density at radius 3 is 2.57 bits per heavy atom. The minimum atomic E-state index is -0.830. The van der Waals surface area contributed by atoms with E-state index in [1.54, 1.807) is 7.11 Å². The van der Waals surface area contributed by atoms with Crippen molar-refractivity contribution in [3.05, 3.63) is 29.8 Å². The van der Waals surface area contributed by atoms with Crippen molar-refractivity contribution in [3.63, 3.8) is 0 Å². The quantitative estimate of drug-likeness (QED) is 0.394. The Labute approximate surface area is 207 Å². The molecule has 35 heavy (non-hydrogen) atoms. The van der Waals surface area contributed by atoms with Crippen LogP contribution in [0.3, 0.4) is 0 Å². The second-order valence-corrected chi connectivity index (χ2v) is 10.8. The van der Waals surface area contributed by atoms with Crippen molar-refractivity contribution in [2.75, 3.05) is 14.2 Å². The van der Waals surface area contributed by atoms with E-state index in [1.165, 1.54) is 7.11 Å². The molecule has 4 aliphatic heterocycles. The summed E-state index contributed by atoms with van der Waals surface area (Å²) in [5.41, 5.74) is 0.324. The highest BCUT2D eigenvalue weighted by Gasteiger charge is 2.69. The fraction of sp³-hybridized carbons (Fsp3) is 0.741. The molecule has 1 aromatic rings. The first kappa shape index (κ1) is 25.0. The molecule has 0 aromatic heterocycles. The van der Waals surface area contributed by atoms with Crippen molar-refractivity contribution >= 4 is 5.97 Å². The first-order chi connectivity index (χ1) is 16.8. The van der Waals surface area contributed by atoms with E-state index in [9.17, 15) is 4.79 Å². The Morgan fingerprint density at radius 2 is 1.86 bits per heavy atom. The molecule has 194 valence electrons. The third-order valence-corrected chi connectivity index (χ3v) is 8.72. The van der Waals surface area contributed by atoms with E-state index in [1.807, 2.05) is 31.2 Å². The second-order valence-electron chi connectivity index (χ2n) is 10.8. The largest absolute Gasteiger partial charge is 0.497 e. The molecule has 1 spiro atoms. The molecule has 0 radical (unpaired) electrons. The molecule has 1 unspecified atom stereocenters. The molecule has 4 saturated heterocycles. The Kier molecular flexibility index (Phi) is 6.87. The van der Waals surface area contributed by atoms with Crippen molar-refractivity contribution in [1.29, 1.82) is 0 Å². The molecule has 5 aliphatic rings. The fourth-order valence-electron chi connectivity index (χ4n) is 6.67. The lowest BCUT2D eigenvalue weighted by molar-refractivity contribution is -0.578. The fourth-order valence-corrected chi connectivity index (χ4v) is 6.67. The monoisotopic (exact) mass is 490 g/mol. The highest BCUT2D eigenvalue weighted by atomic mass is 17.3. The number of benzene rings is 1. The SMILES string of the molecule is COC(=O)CC[C@@H](O[C@@H]1O[C@@H]2O[C@@]3(C)CC[C@H]4[C@H](C)CCC([C@H]1C)[C@@]24OO3)c1ccc(OC)cc1. The molecule has 1 aromatic carbocycles. The number of carbonyl (C=O) groups is 1. The molecule has 8 heteroatoms. The maximum atomic E-state index is 11.9. The summed E-state index contributed by atoms with van der Waals surface area (Å²) >= 11 is 0. The van der Waals surface area contributed by atoms with E-state index < -0.39 is 24.0 Å². The number of carbonyl (C=O) groups excluding carboxylic acids is 1. The van der Waals surface area contributed by atoms with E-state index in [0.29, 0.717) is 18.3 Å². The van der Waals surface area contributed by atoms with Crippen molar-refractivity contribution in [3.8, 4) is 5.75 Å². The number of hydrogen-bond acceptors (Lipinski definition) is 8. The van der Waals surface area contributed by atoms with Gasteiger partial charge in [-0.05, 0) is 62.1 Å². The average molecular weight is 491 g/mol. The summed E-state index contributed by atoms with van der Waals surface area (Å²) in [6, 6.07) is 7.74. The van der Waals surface area contributed by atoms with Gasteiger partial charge in [0, 0.05) is 24.7 Å². The van der Waals surface area contributed by atoms with Crippen molar-refractivity contribution < 1.29 is 38.3 Å². The maximum Gasteiger partial charge on any atom is 0.305 e. The minimum absolute atomic E-state index is 0.0507. The molecule has 4 heterocycles. The predicted octanol–water partition coefficient (Wildman–Crippen LogP) is 4.91. The van der Waals surface area contributed by atoms with Crippen LogP contribution in [0.1, 0.15) is 71.0 Å². The lowest BCUT2D eigenvalue weighted by Crippen LogP contribution is -2.70. The third kappa shape index (κ3) is 4.37. The second kappa shape index (κ2) is 9.63. The van der Waals surface area contributed by atoms with Gasteiger partial charge in [0.2, 0.25) is 5.79 Å². The zero-order valence-electron chi connectivity index (χ0n) is 21.4. The molecule has 8 nitrogen and oxygen atoms in total. The summed E-state index contributed by atoms with van der Waals surface area (Å²) in [5, 5.41) is 0. The van der Waals surface area contributed by atoms with Gasteiger partial charge in [-0.25, -0.2) is 9.78 Å². The lowest BCUT2D eigenvalue weighted by Gasteiger charge is -2.60. The maximum absolute atomic E-state index is 11.9. The van der Waals surface area contributed by atoms with Gasteiger partial charge in [0.05, 0.1) is 20.3 Å². The first-order valence-electron chi connectivity index (χ1n) is 12.9. The van der Waals surface area contributed by atoms with Crippen LogP contribution in [0.2, 0.25) is 0 Å². The molecule has 1 saturated carbocycles. The van der Waals surface area contributed by atoms with Crippen molar-refractivity contribution in [1.82, 2.24) is 0 Å². The average Bonchev–Trinajstić information content (AvgIpc) is 3.10. The number of rotatable bonds is 7. The Morgan fingerprint density at radius 1 is 1.09 bits per heavy atom. The predicted molar refractivity (Wildman–Crippen MR) is 125 cm³/mol. The topological polar surface area (TPSA) is 81.7 Å². The Hall–Kier alpha value is -1.71. The molecule has 6 rings (SSSR count). The van der Waals surface area contributed by atoms with Crippen LogP contribution in [0.15, 0.2) is 24.3 Å². The van der Waals surface area contributed by atoms with Crippen LogP contribution in [0.5, 0.6) is 5.75 Å². The first-order valence-corrected chi connectivity index (χ1v) is 12.9. The zero-order chi connectivity index (χ0) is 24.8. The smallest absolute Gasteiger partial charge is 0.305 e. The van der Waals surface area contributed by atoms with E-state index >= 15 is 0 Å². The number of ether oxygens (including phenoxy) is 5. The highest BCUT2D eigenvalue weighted by molar-refractivity contribution is 5.69. The molecule has 1 aliphatic carbocycles. The van der Waals surface area contributed by atoms with E-state index in [0.717, 1.165) is 37.0 Å². The number of esters is 1. The Balaban J connectivity index is 1.42. The van der Waals surface area contributed by atoms with E-state index in [4.69, 9.17) is 33.5 Å². The summed E-state index contributed by atoms with van der Waals surface area (Å²) in [7, 11) is 3.04. The van der Waals surface area contributed by atoms with Gasteiger partial charge in [-0.2, -0.15) is 0 Å². The van der Waals surface area contributed by atoms with Crippen LogP contribution in [-0.4, -0.2) is 44.2 Å². The molecule has 2 bridgehead atoms. The summed E-state index contributed by atoms with van der Waals surface area (Å²) in [5.74, 6) is 0.693. The lowest BCUT2D eigenvalue weighted by atomic mass is 9.58. The molecule has 9 atom stereocenters. The van der Waals surface area contributed by atoms with Gasteiger partial charge in [-0.3, -0.25) is 4.79 Å². The number of hydrogen-bond donors (Lipinski definition) is 0. The summed E-state index contributed by atoms with van der Waals surface area (Å²) < 4.78 is 29.9. The molecule has 0 N–H and O–H groups in total. The van der Waals surface area contributed by atoms with Crippen LogP contribution < -0.4 is 4.74 Å². The van der Waals surface area contributed by atoms with Crippen LogP contribution in [0.4, 0.5) is 0 Å². The summed E-state index contributed by atoms with van der Waals surface area (Å²) in [4.78, 5) is 24.1. The summed E-state index contributed by atoms with van der Waals surface area (Å²) in [6.45, 7) is 6.39. The van der Waals surface area contributed by atoms with Crippen LogP contribution >= 0.6 is 0 Å². The standard InChI is InChI=1S/C27H38O8/c1-16-6-11-21-17(2)24(32-25-27(21)20(16)14-15-26(3,33-25)34-35-27)31-22(12-13-23(28)30-5)18-7-9-19(29-4)10-8-18/h7-10,16-17,20-22,24-25H,6,11-15H2,1-5H3/t16-,17-,20+,21?,22-,24-,25-,26-,27-/m1/s1. The van der Waals surface area contributed by atoms with Crippen molar-refractivity contribution in [2.24, 2.45) is 23.7 Å².